The number of nitrogens with two attached hydrogens (primary N) is 1. The van der Waals surface area contributed by atoms with Crippen molar-refractivity contribution in [2.45, 2.75) is 59.0 Å². The van der Waals surface area contributed by atoms with Crippen LogP contribution in [0.5, 0.6) is 0 Å². The van der Waals surface area contributed by atoms with Crippen LogP contribution >= 0.6 is 11.3 Å². The number of benzene rings is 1. The maximum absolute atomic E-state index is 14.0. The highest BCUT2D eigenvalue weighted by Gasteiger charge is 2.37. The molecule has 11 heteroatoms. The van der Waals surface area contributed by atoms with Gasteiger partial charge >= 0.3 is 6.03 Å². The number of thiazole rings is 1. The third-order valence-corrected chi connectivity index (χ3v) is 7.22. The van der Waals surface area contributed by atoms with Crippen LogP contribution < -0.4 is 16.2 Å². The molecule has 0 aliphatic heterocycles. The number of nitrogens with zero attached hydrogens (tertiary/aromatic N) is 4. The molecule has 1 atom stereocenters. The summed E-state index contributed by atoms with van der Waals surface area (Å²) >= 11 is 1.34. The van der Waals surface area contributed by atoms with E-state index in [0.717, 1.165) is 28.9 Å². The number of aromatic nitrogens is 2. The summed E-state index contributed by atoms with van der Waals surface area (Å²) in [5.74, 6) is 4.29. The SMILES string of the molecule is CC(C)C[C@@H]([C]=O)N(C(=O)c1csc(N(CC(C)C)C2CC2)n1)C(=O)c1cc2ccccc2n1C(=O)NN. The van der Waals surface area contributed by atoms with Crippen LogP contribution in [0.4, 0.5) is 9.93 Å². The fourth-order valence-electron chi connectivity index (χ4n) is 4.53. The Morgan fingerprint density at radius 3 is 2.47 bits per heavy atom. The molecule has 1 aromatic carbocycles. The third-order valence-electron chi connectivity index (χ3n) is 6.34. The van der Waals surface area contributed by atoms with E-state index in [1.165, 1.54) is 17.4 Å². The van der Waals surface area contributed by atoms with Gasteiger partial charge < -0.3 is 4.90 Å². The van der Waals surface area contributed by atoms with E-state index in [1.807, 2.05) is 20.1 Å². The molecular formula is C27H33N6O4S. The number of carbonyl (C=O) groups excluding carboxylic acids is 4. The van der Waals surface area contributed by atoms with Crippen molar-refractivity contribution in [2.75, 3.05) is 11.4 Å². The monoisotopic (exact) mass is 537 g/mol. The van der Waals surface area contributed by atoms with E-state index >= 15 is 0 Å². The summed E-state index contributed by atoms with van der Waals surface area (Å²) in [6.45, 7) is 8.83. The Morgan fingerprint density at radius 2 is 1.87 bits per heavy atom. The second kappa shape index (κ2) is 11.4. The van der Waals surface area contributed by atoms with Crippen LogP contribution in [0.25, 0.3) is 10.9 Å². The summed E-state index contributed by atoms with van der Waals surface area (Å²) in [5, 5.41) is 2.93. The zero-order valence-corrected chi connectivity index (χ0v) is 22.8. The van der Waals surface area contributed by atoms with Crippen LogP contribution in [0, 0.1) is 11.8 Å². The smallest absolute Gasteiger partial charge is 0.340 e. The van der Waals surface area contributed by atoms with E-state index in [4.69, 9.17) is 5.84 Å². The van der Waals surface area contributed by atoms with Gasteiger partial charge in [0, 0.05) is 23.4 Å². The highest BCUT2D eigenvalue weighted by Crippen LogP contribution is 2.34. The van der Waals surface area contributed by atoms with Crippen LogP contribution in [0.3, 0.4) is 0 Å². The Morgan fingerprint density at radius 1 is 1.16 bits per heavy atom. The van der Waals surface area contributed by atoms with Crippen LogP contribution in [0.2, 0.25) is 0 Å². The molecule has 3 amide bonds. The van der Waals surface area contributed by atoms with E-state index < -0.39 is 23.9 Å². The molecule has 0 saturated heterocycles. The molecule has 3 N–H and O–H groups in total. The first-order valence-corrected chi connectivity index (χ1v) is 13.6. The number of imide groups is 1. The summed E-state index contributed by atoms with van der Waals surface area (Å²) in [6, 6.07) is 6.89. The zero-order chi connectivity index (χ0) is 27.6. The maximum atomic E-state index is 14.0. The van der Waals surface area contributed by atoms with Crippen molar-refractivity contribution in [3.8, 4) is 0 Å². The van der Waals surface area contributed by atoms with E-state index in [9.17, 15) is 19.2 Å². The van der Waals surface area contributed by atoms with Crippen molar-refractivity contribution in [3.05, 3.63) is 47.1 Å². The van der Waals surface area contributed by atoms with Gasteiger partial charge in [0.1, 0.15) is 17.4 Å². The van der Waals surface area contributed by atoms with Gasteiger partial charge in [-0.1, -0.05) is 45.9 Å². The molecular weight excluding hydrogens is 504 g/mol. The number of hydrogen-bond acceptors (Lipinski definition) is 8. The minimum absolute atomic E-state index is 0.00913. The molecule has 0 bridgehead atoms. The molecule has 38 heavy (non-hydrogen) atoms. The van der Waals surface area contributed by atoms with E-state index in [0.29, 0.717) is 28.0 Å². The molecule has 1 fully saturated rings. The number of rotatable bonds is 10. The van der Waals surface area contributed by atoms with Gasteiger partial charge in [0.25, 0.3) is 11.8 Å². The van der Waals surface area contributed by atoms with Crippen molar-refractivity contribution in [1.29, 1.82) is 0 Å². The highest BCUT2D eigenvalue weighted by molar-refractivity contribution is 7.14. The Labute approximate surface area is 225 Å². The Bertz CT molecular complexity index is 1340. The number of amides is 3. The number of nitrogen functional groups attached to an aromatic ring is 1. The molecule has 10 nitrogen and oxygen atoms in total. The molecule has 1 aliphatic carbocycles. The predicted octanol–water partition coefficient (Wildman–Crippen LogP) is 3.96. The van der Waals surface area contributed by atoms with Crippen LogP contribution in [-0.2, 0) is 4.79 Å². The lowest BCUT2D eigenvalue weighted by atomic mass is 10.0. The van der Waals surface area contributed by atoms with Gasteiger partial charge in [0.05, 0.1) is 5.52 Å². The lowest BCUT2D eigenvalue weighted by Crippen LogP contribution is -2.48. The second-order valence-electron chi connectivity index (χ2n) is 10.4. The molecule has 0 unspecified atom stereocenters. The van der Waals surface area contributed by atoms with Crippen molar-refractivity contribution >= 4 is 51.5 Å². The molecule has 2 aromatic heterocycles. The topological polar surface area (TPSA) is 131 Å². The quantitative estimate of drug-likeness (QED) is 0.173. The van der Waals surface area contributed by atoms with Crippen molar-refractivity contribution in [2.24, 2.45) is 17.7 Å². The summed E-state index contributed by atoms with van der Waals surface area (Å²) in [6.07, 6.45) is 4.24. The first kappa shape index (κ1) is 27.5. The second-order valence-corrected chi connectivity index (χ2v) is 11.2. The normalized spacial score (nSPS) is 14.1. The number of anilines is 1. The molecule has 1 aliphatic rings. The molecule has 1 saturated carbocycles. The van der Waals surface area contributed by atoms with Gasteiger partial charge in [-0.2, -0.15) is 0 Å². The lowest BCUT2D eigenvalue weighted by molar-refractivity contribution is 0.0563. The van der Waals surface area contributed by atoms with Gasteiger partial charge in [0.15, 0.2) is 5.13 Å². The molecule has 1 radical (unpaired) electrons. The Hall–Kier alpha value is -3.57. The number of nitrogens with one attached hydrogen (secondary N) is 1. The largest absolute Gasteiger partial charge is 0.345 e. The minimum Gasteiger partial charge on any atom is -0.345 e. The van der Waals surface area contributed by atoms with Crippen molar-refractivity contribution in [3.63, 3.8) is 0 Å². The fraction of sp³-hybridized carbons (Fsp3) is 0.444. The zero-order valence-electron chi connectivity index (χ0n) is 22.0. The fourth-order valence-corrected chi connectivity index (χ4v) is 5.41. The van der Waals surface area contributed by atoms with E-state index in [1.54, 1.807) is 29.6 Å². The van der Waals surface area contributed by atoms with Gasteiger partial charge in [-0.05, 0) is 43.2 Å². The molecule has 201 valence electrons. The van der Waals surface area contributed by atoms with Gasteiger partial charge in [-0.3, -0.25) is 29.3 Å². The highest BCUT2D eigenvalue weighted by atomic mass is 32.1. The van der Waals surface area contributed by atoms with Crippen molar-refractivity contribution in [1.82, 2.24) is 19.9 Å². The average Bonchev–Trinajstić information content (AvgIpc) is 3.47. The van der Waals surface area contributed by atoms with E-state index in [-0.39, 0.29) is 23.7 Å². The third kappa shape index (κ3) is 5.63. The predicted molar refractivity (Wildman–Crippen MR) is 147 cm³/mol. The number of hydrogen-bond donors (Lipinski definition) is 2. The van der Waals surface area contributed by atoms with E-state index in [2.05, 4.69) is 29.2 Å². The maximum Gasteiger partial charge on any atom is 0.340 e. The summed E-state index contributed by atoms with van der Waals surface area (Å²) < 4.78 is 1.11. The first-order chi connectivity index (χ1) is 18.2. The number of fused-ring (bicyclic) bond motifs is 1. The summed E-state index contributed by atoms with van der Waals surface area (Å²) in [7, 11) is 0. The van der Waals surface area contributed by atoms with Gasteiger partial charge in [-0.25, -0.2) is 15.6 Å². The molecule has 4 rings (SSSR count). The number of para-hydroxylation sites is 1. The van der Waals surface area contributed by atoms with Crippen LogP contribution in [0.15, 0.2) is 35.7 Å². The van der Waals surface area contributed by atoms with Crippen LogP contribution in [0.1, 0.15) is 67.9 Å². The van der Waals surface area contributed by atoms with Gasteiger partial charge in [0.2, 0.25) is 6.29 Å². The molecule has 0 spiro atoms. The number of carbonyl (C=O) groups is 3. The average molecular weight is 538 g/mol. The summed E-state index contributed by atoms with van der Waals surface area (Å²) in [4.78, 5) is 60.4. The Kier molecular flexibility index (Phi) is 8.27. The molecule has 3 aromatic rings. The molecule has 2 heterocycles. The first-order valence-electron chi connectivity index (χ1n) is 12.7. The minimum atomic E-state index is -1.16. The standard InChI is InChI=1S/C27H33N6O4S/c1-16(2)11-20(14-34)32(24(35)21-15-38-27(29-21)31(13-17(3)4)19-9-10-19)25(36)23-12-18-7-5-6-8-22(18)33(23)26(37)30-28/h5-8,12,15-17,19-20H,9-11,13,28H2,1-4H3,(H,30,37)/t20-/m0/s1. The van der Waals surface area contributed by atoms with Gasteiger partial charge in [-0.15, -0.1) is 11.3 Å². The van der Waals surface area contributed by atoms with Crippen molar-refractivity contribution < 1.29 is 19.2 Å². The lowest BCUT2D eigenvalue weighted by Gasteiger charge is -2.27. The summed E-state index contributed by atoms with van der Waals surface area (Å²) in [5.41, 5.74) is 2.47. The Balaban J connectivity index is 1.77. The van der Waals surface area contributed by atoms with Crippen LogP contribution in [-0.4, -0.2) is 57.2 Å². The number of hydrazine groups is 1.